The van der Waals surface area contributed by atoms with Crippen molar-refractivity contribution in [2.45, 2.75) is 37.4 Å². The highest BCUT2D eigenvalue weighted by molar-refractivity contribution is 7.99. The number of thioether (sulfide) groups is 1. The van der Waals surface area contributed by atoms with E-state index in [2.05, 4.69) is 28.5 Å². The van der Waals surface area contributed by atoms with E-state index in [-0.39, 0.29) is 29.2 Å². The SMILES string of the molecule is CCc1ccccc1-n1cnnc1SCC(=O)NC1CCN(C(=O)c2ccccc2F)CC1. The van der Waals surface area contributed by atoms with Gasteiger partial charge in [-0.15, -0.1) is 10.2 Å². The molecule has 1 aliphatic rings. The van der Waals surface area contributed by atoms with Crippen LogP contribution in [0.5, 0.6) is 0 Å². The number of aromatic nitrogens is 3. The lowest BCUT2D eigenvalue weighted by Gasteiger charge is -2.32. The van der Waals surface area contributed by atoms with Gasteiger partial charge in [0.2, 0.25) is 5.91 Å². The van der Waals surface area contributed by atoms with E-state index < -0.39 is 5.82 Å². The molecule has 0 spiro atoms. The third kappa shape index (κ3) is 5.42. The van der Waals surface area contributed by atoms with Crippen LogP contribution in [0.1, 0.15) is 35.7 Å². The van der Waals surface area contributed by atoms with Gasteiger partial charge in [-0.3, -0.25) is 14.2 Å². The number of halogens is 1. The van der Waals surface area contributed by atoms with E-state index in [0.29, 0.717) is 31.1 Å². The maximum Gasteiger partial charge on any atom is 0.256 e. The topological polar surface area (TPSA) is 80.1 Å². The van der Waals surface area contributed by atoms with Crippen molar-refractivity contribution in [2.75, 3.05) is 18.8 Å². The van der Waals surface area contributed by atoms with Crippen LogP contribution in [-0.4, -0.2) is 56.4 Å². The van der Waals surface area contributed by atoms with Crippen LogP contribution in [0.3, 0.4) is 0 Å². The summed E-state index contributed by atoms with van der Waals surface area (Å²) in [7, 11) is 0. The highest BCUT2D eigenvalue weighted by Gasteiger charge is 2.26. The predicted molar refractivity (Wildman–Crippen MR) is 125 cm³/mol. The molecule has 33 heavy (non-hydrogen) atoms. The average molecular weight is 468 g/mol. The summed E-state index contributed by atoms with van der Waals surface area (Å²) >= 11 is 1.34. The van der Waals surface area contributed by atoms with Gasteiger partial charge in [0.25, 0.3) is 5.91 Å². The maximum absolute atomic E-state index is 13.9. The van der Waals surface area contributed by atoms with Crippen LogP contribution in [0.2, 0.25) is 0 Å². The van der Waals surface area contributed by atoms with Gasteiger partial charge in [-0.05, 0) is 43.0 Å². The number of hydrogen-bond acceptors (Lipinski definition) is 5. The van der Waals surface area contributed by atoms with Crippen LogP contribution in [0, 0.1) is 5.82 Å². The van der Waals surface area contributed by atoms with Crippen LogP contribution < -0.4 is 5.32 Å². The van der Waals surface area contributed by atoms with Gasteiger partial charge in [-0.1, -0.05) is 49.0 Å². The summed E-state index contributed by atoms with van der Waals surface area (Å²) in [5.74, 6) is -0.678. The lowest BCUT2D eigenvalue weighted by Crippen LogP contribution is -2.47. The van der Waals surface area contributed by atoms with Crippen molar-refractivity contribution in [3.8, 4) is 5.69 Å². The Labute approximate surface area is 196 Å². The zero-order chi connectivity index (χ0) is 23.2. The minimum atomic E-state index is -0.510. The molecular weight excluding hydrogens is 441 g/mol. The molecule has 2 amide bonds. The highest BCUT2D eigenvalue weighted by atomic mass is 32.2. The number of amides is 2. The molecule has 0 saturated carbocycles. The van der Waals surface area contributed by atoms with Crippen LogP contribution in [0.25, 0.3) is 5.69 Å². The number of rotatable bonds is 7. The third-order valence-electron chi connectivity index (χ3n) is 5.73. The second-order valence-corrected chi connectivity index (χ2v) is 8.81. The van der Waals surface area contributed by atoms with Crippen molar-refractivity contribution < 1.29 is 14.0 Å². The smallest absolute Gasteiger partial charge is 0.256 e. The maximum atomic E-state index is 13.9. The summed E-state index contributed by atoms with van der Waals surface area (Å²) in [6.07, 6.45) is 3.82. The zero-order valence-corrected chi connectivity index (χ0v) is 19.2. The number of hydrogen-bond donors (Lipinski definition) is 1. The number of likely N-dealkylation sites (tertiary alicyclic amines) is 1. The van der Waals surface area contributed by atoms with E-state index in [1.807, 2.05) is 22.8 Å². The van der Waals surface area contributed by atoms with Crippen molar-refractivity contribution in [1.29, 1.82) is 0 Å². The Balaban J connectivity index is 1.28. The second kappa shape index (κ2) is 10.6. The molecule has 2 aromatic carbocycles. The van der Waals surface area contributed by atoms with Gasteiger partial charge in [0.15, 0.2) is 5.16 Å². The number of carbonyl (C=O) groups excluding carboxylic acids is 2. The van der Waals surface area contributed by atoms with Crippen molar-refractivity contribution in [3.05, 3.63) is 71.8 Å². The molecule has 0 aliphatic carbocycles. The molecule has 1 N–H and O–H groups in total. The quantitative estimate of drug-likeness (QED) is 0.538. The first-order valence-corrected chi connectivity index (χ1v) is 12.0. The molecule has 7 nitrogen and oxygen atoms in total. The van der Waals surface area contributed by atoms with Crippen molar-refractivity contribution in [2.24, 2.45) is 0 Å². The first-order valence-electron chi connectivity index (χ1n) is 11.0. The Morgan fingerprint density at radius 2 is 1.85 bits per heavy atom. The van der Waals surface area contributed by atoms with Gasteiger partial charge in [0.05, 0.1) is 17.0 Å². The monoisotopic (exact) mass is 467 g/mol. The molecule has 1 aliphatic heterocycles. The zero-order valence-electron chi connectivity index (χ0n) is 18.4. The molecule has 9 heteroatoms. The summed E-state index contributed by atoms with van der Waals surface area (Å²) in [5.41, 5.74) is 2.28. The molecule has 0 atom stereocenters. The normalized spacial score (nSPS) is 14.3. The summed E-state index contributed by atoms with van der Waals surface area (Å²) in [6.45, 7) is 3.05. The number of nitrogens with zero attached hydrogens (tertiary/aromatic N) is 4. The van der Waals surface area contributed by atoms with Crippen LogP contribution in [0.15, 0.2) is 60.0 Å². The van der Waals surface area contributed by atoms with E-state index in [1.165, 1.54) is 29.5 Å². The molecule has 2 heterocycles. The van der Waals surface area contributed by atoms with Gasteiger partial charge in [-0.2, -0.15) is 0 Å². The first-order chi connectivity index (χ1) is 16.1. The Kier molecular flexibility index (Phi) is 7.39. The van der Waals surface area contributed by atoms with E-state index in [0.717, 1.165) is 12.1 Å². The molecule has 4 rings (SSSR count). The van der Waals surface area contributed by atoms with E-state index in [1.54, 1.807) is 23.4 Å². The molecule has 0 radical (unpaired) electrons. The summed E-state index contributed by atoms with van der Waals surface area (Å²) in [4.78, 5) is 26.7. The number of carbonyl (C=O) groups is 2. The van der Waals surface area contributed by atoms with Crippen LogP contribution in [0.4, 0.5) is 4.39 Å². The number of piperidine rings is 1. The van der Waals surface area contributed by atoms with Gasteiger partial charge < -0.3 is 10.2 Å². The van der Waals surface area contributed by atoms with E-state index in [4.69, 9.17) is 0 Å². The molecule has 1 fully saturated rings. The van der Waals surface area contributed by atoms with Gasteiger partial charge in [-0.25, -0.2) is 4.39 Å². The molecule has 1 saturated heterocycles. The van der Waals surface area contributed by atoms with Crippen LogP contribution in [-0.2, 0) is 11.2 Å². The molecule has 172 valence electrons. The fourth-order valence-corrected chi connectivity index (χ4v) is 4.70. The number of benzene rings is 2. The largest absolute Gasteiger partial charge is 0.353 e. The fraction of sp³-hybridized carbons (Fsp3) is 0.333. The third-order valence-corrected chi connectivity index (χ3v) is 6.68. The second-order valence-electron chi connectivity index (χ2n) is 7.87. The van der Waals surface area contributed by atoms with Crippen LogP contribution >= 0.6 is 11.8 Å². The summed E-state index contributed by atoms with van der Waals surface area (Å²) in [5, 5.41) is 11.9. The number of aryl methyl sites for hydroxylation is 1. The Hall–Kier alpha value is -3.20. The van der Waals surface area contributed by atoms with Crippen molar-refractivity contribution in [3.63, 3.8) is 0 Å². The Bertz CT molecular complexity index is 1130. The molecule has 3 aromatic rings. The number of para-hydroxylation sites is 1. The lowest BCUT2D eigenvalue weighted by molar-refractivity contribution is -0.119. The number of nitrogens with one attached hydrogen (secondary N) is 1. The minimum absolute atomic E-state index is 0.0125. The predicted octanol–water partition coefficient (Wildman–Crippen LogP) is 3.48. The molecule has 0 unspecified atom stereocenters. The van der Waals surface area contributed by atoms with E-state index in [9.17, 15) is 14.0 Å². The van der Waals surface area contributed by atoms with Gasteiger partial charge in [0, 0.05) is 19.1 Å². The minimum Gasteiger partial charge on any atom is -0.353 e. The van der Waals surface area contributed by atoms with Gasteiger partial charge >= 0.3 is 0 Å². The first kappa shape index (κ1) is 23.0. The van der Waals surface area contributed by atoms with E-state index >= 15 is 0 Å². The molecular formula is C24H26FN5O2S. The standard InChI is InChI=1S/C24H26FN5O2S/c1-2-17-7-3-6-10-21(17)30-16-26-28-24(30)33-15-22(31)27-18-11-13-29(14-12-18)23(32)19-8-4-5-9-20(19)25/h3-10,16,18H,2,11-15H2,1H3,(H,27,31). The highest BCUT2D eigenvalue weighted by Crippen LogP contribution is 2.23. The van der Waals surface area contributed by atoms with Gasteiger partial charge in [0.1, 0.15) is 12.1 Å². The summed E-state index contributed by atoms with van der Waals surface area (Å²) < 4.78 is 15.8. The Morgan fingerprint density at radius 1 is 1.12 bits per heavy atom. The van der Waals surface area contributed by atoms with Crippen molar-refractivity contribution >= 4 is 23.6 Å². The fourth-order valence-electron chi connectivity index (χ4n) is 3.96. The molecule has 0 bridgehead atoms. The lowest BCUT2D eigenvalue weighted by atomic mass is 10.0. The summed E-state index contributed by atoms with van der Waals surface area (Å²) in [6, 6.07) is 14.1. The molecule has 1 aromatic heterocycles. The average Bonchev–Trinajstić information content (AvgIpc) is 3.31. The Morgan fingerprint density at radius 3 is 2.61 bits per heavy atom. The van der Waals surface area contributed by atoms with Crippen molar-refractivity contribution in [1.82, 2.24) is 25.0 Å².